The van der Waals surface area contributed by atoms with Crippen molar-refractivity contribution in [1.82, 2.24) is 0 Å². The second-order valence-electron chi connectivity index (χ2n) is 4.43. The lowest BCUT2D eigenvalue weighted by Crippen LogP contribution is -2.07. The highest BCUT2D eigenvalue weighted by Gasteiger charge is 2.18. The monoisotopic (exact) mass is 324 g/mol. The number of rotatable bonds is 3. The van der Waals surface area contributed by atoms with Crippen molar-refractivity contribution >= 4 is 35.1 Å². The molecule has 0 heterocycles. The van der Waals surface area contributed by atoms with Gasteiger partial charge < -0.3 is 10.2 Å². The van der Waals surface area contributed by atoms with E-state index in [-0.39, 0.29) is 16.7 Å². The van der Waals surface area contributed by atoms with E-state index in [4.69, 9.17) is 23.2 Å². The average Bonchev–Trinajstić information content (AvgIpc) is 2.38. The molecule has 2 N–H and O–H groups in total. The van der Waals surface area contributed by atoms with Crippen LogP contribution in [0.15, 0.2) is 30.3 Å². The average molecular weight is 325 g/mol. The van der Waals surface area contributed by atoms with E-state index in [2.05, 4.69) is 0 Å². The van der Waals surface area contributed by atoms with Gasteiger partial charge in [-0.2, -0.15) is 0 Å². The molecule has 0 aliphatic carbocycles. The quantitative estimate of drug-likeness (QED) is 0.879. The van der Waals surface area contributed by atoms with Gasteiger partial charge in [0.2, 0.25) is 0 Å². The summed E-state index contributed by atoms with van der Waals surface area (Å²) in [6.07, 6.45) is 0. The Bertz CT molecular complexity index is 718. The molecule has 0 aliphatic heterocycles. The van der Waals surface area contributed by atoms with Crippen LogP contribution in [0.5, 0.6) is 0 Å². The Morgan fingerprint density at radius 2 is 1.48 bits per heavy atom. The number of aromatic carboxylic acids is 2. The molecule has 0 fully saturated rings. The summed E-state index contributed by atoms with van der Waals surface area (Å²) < 4.78 is 0. The summed E-state index contributed by atoms with van der Waals surface area (Å²) in [5, 5.41) is 19.2. The van der Waals surface area contributed by atoms with Crippen molar-refractivity contribution < 1.29 is 19.8 Å². The second-order valence-corrected chi connectivity index (χ2v) is 5.27. The molecule has 0 aromatic heterocycles. The van der Waals surface area contributed by atoms with E-state index in [0.29, 0.717) is 21.2 Å². The van der Waals surface area contributed by atoms with Gasteiger partial charge in [-0.15, -0.1) is 0 Å². The van der Waals surface area contributed by atoms with Gasteiger partial charge in [0.15, 0.2) is 0 Å². The molecular weight excluding hydrogens is 315 g/mol. The Balaban J connectivity index is 2.75. The molecule has 4 nitrogen and oxygen atoms in total. The van der Waals surface area contributed by atoms with Crippen molar-refractivity contribution in [2.75, 3.05) is 0 Å². The molecule has 0 unspecified atom stereocenters. The van der Waals surface area contributed by atoms with E-state index in [9.17, 15) is 19.8 Å². The van der Waals surface area contributed by atoms with Crippen LogP contribution in [0, 0.1) is 6.92 Å². The molecule has 21 heavy (non-hydrogen) atoms. The van der Waals surface area contributed by atoms with Crippen LogP contribution in [0.4, 0.5) is 0 Å². The Hall–Kier alpha value is -2.04. The maximum Gasteiger partial charge on any atom is 0.335 e. The fourth-order valence-corrected chi connectivity index (χ4v) is 2.56. The fourth-order valence-electron chi connectivity index (χ4n) is 2.04. The van der Waals surface area contributed by atoms with Gasteiger partial charge in [0, 0.05) is 15.6 Å². The standard InChI is InChI=1S/C15H10Cl2O4/c1-7-11(14(18)19)4-8(5-12(7)15(20)21)10-3-2-9(16)6-13(10)17/h2-6H,1H3,(H,18,19)(H,20,21). The van der Waals surface area contributed by atoms with E-state index >= 15 is 0 Å². The zero-order valence-electron chi connectivity index (χ0n) is 10.9. The first-order valence-corrected chi connectivity index (χ1v) is 6.63. The third-order valence-corrected chi connectivity index (χ3v) is 3.66. The molecule has 0 saturated heterocycles. The van der Waals surface area contributed by atoms with Crippen LogP contribution in [-0.4, -0.2) is 22.2 Å². The highest BCUT2D eigenvalue weighted by Crippen LogP contribution is 2.32. The third-order valence-electron chi connectivity index (χ3n) is 3.11. The molecule has 0 amide bonds. The van der Waals surface area contributed by atoms with Gasteiger partial charge in [-0.1, -0.05) is 29.3 Å². The van der Waals surface area contributed by atoms with Crippen LogP contribution in [0.3, 0.4) is 0 Å². The first-order valence-electron chi connectivity index (χ1n) is 5.88. The topological polar surface area (TPSA) is 74.6 Å². The smallest absolute Gasteiger partial charge is 0.335 e. The van der Waals surface area contributed by atoms with Crippen LogP contribution in [0.25, 0.3) is 11.1 Å². The maximum absolute atomic E-state index is 11.3. The molecule has 108 valence electrons. The van der Waals surface area contributed by atoms with Crippen LogP contribution in [-0.2, 0) is 0 Å². The van der Waals surface area contributed by atoms with Gasteiger partial charge in [-0.05, 0) is 42.3 Å². The number of hydrogen-bond donors (Lipinski definition) is 2. The summed E-state index contributed by atoms with van der Waals surface area (Å²) in [4.78, 5) is 22.5. The molecule has 0 saturated carbocycles. The number of hydrogen-bond acceptors (Lipinski definition) is 2. The SMILES string of the molecule is Cc1c(C(=O)O)cc(-c2ccc(Cl)cc2Cl)cc1C(=O)O. The lowest BCUT2D eigenvalue weighted by Gasteiger charge is -2.11. The number of carboxylic acid groups (broad SMARTS) is 2. The number of halogens is 2. The number of carbonyl (C=O) groups is 2. The summed E-state index contributed by atoms with van der Waals surface area (Å²) in [6.45, 7) is 1.46. The van der Waals surface area contributed by atoms with Gasteiger partial charge in [0.05, 0.1) is 11.1 Å². The predicted octanol–water partition coefficient (Wildman–Crippen LogP) is 4.37. The van der Waals surface area contributed by atoms with Gasteiger partial charge in [-0.3, -0.25) is 0 Å². The summed E-state index contributed by atoms with van der Waals surface area (Å²) in [7, 11) is 0. The largest absolute Gasteiger partial charge is 0.478 e. The first-order chi connectivity index (χ1) is 9.81. The van der Waals surface area contributed by atoms with Gasteiger partial charge >= 0.3 is 11.9 Å². The molecule has 6 heteroatoms. The van der Waals surface area contributed by atoms with Crippen LogP contribution < -0.4 is 0 Å². The predicted molar refractivity (Wildman–Crippen MR) is 80.6 cm³/mol. The van der Waals surface area contributed by atoms with E-state index in [1.165, 1.54) is 25.1 Å². The summed E-state index contributed by atoms with van der Waals surface area (Å²) >= 11 is 11.9. The highest BCUT2D eigenvalue weighted by atomic mass is 35.5. The van der Waals surface area contributed by atoms with Crippen LogP contribution in [0.2, 0.25) is 10.0 Å². The lowest BCUT2D eigenvalue weighted by molar-refractivity contribution is 0.0696. The van der Waals surface area contributed by atoms with Gasteiger partial charge in [0.25, 0.3) is 0 Å². The lowest BCUT2D eigenvalue weighted by atomic mass is 9.95. The second kappa shape index (κ2) is 5.76. The molecule has 0 aliphatic rings. The van der Waals surface area contributed by atoms with Gasteiger partial charge in [0.1, 0.15) is 0 Å². The summed E-state index contributed by atoms with van der Waals surface area (Å²) in [5.41, 5.74) is 0.985. The van der Waals surface area contributed by atoms with E-state index in [1.54, 1.807) is 12.1 Å². The zero-order valence-corrected chi connectivity index (χ0v) is 12.4. The summed E-state index contributed by atoms with van der Waals surface area (Å²) in [5.74, 6) is -2.39. The van der Waals surface area contributed by atoms with Crippen molar-refractivity contribution in [3.63, 3.8) is 0 Å². The number of benzene rings is 2. The Labute approximate surface area is 130 Å². The Kier molecular flexibility index (Phi) is 4.21. The minimum absolute atomic E-state index is 0.0732. The minimum Gasteiger partial charge on any atom is -0.478 e. The van der Waals surface area contributed by atoms with Crippen molar-refractivity contribution in [3.05, 3.63) is 57.1 Å². The molecule has 0 spiro atoms. The molecule has 0 bridgehead atoms. The molecule has 2 rings (SSSR count). The number of carboxylic acids is 2. The maximum atomic E-state index is 11.3. The summed E-state index contributed by atoms with van der Waals surface area (Å²) in [6, 6.07) is 7.54. The molecular formula is C15H10Cl2O4. The molecule has 0 radical (unpaired) electrons. The minimum atomic E-state index is -1.19. The van der Waals surface area contributed by atoms with Crippen LogP contribution >= 0.6 is 23.2 Å². The third kappa shape index (κ3) is 3.01. The molecule has 2 aromatic carbocycles. The highest BCUT2D eigenvalue weighted by molar-refractivity contribution is 6.36. The van der Waals surface area contributed by atoms with E-state index in [0.717, 1.165) is 0 Å². The zero-order chi connectivity index (χ0) is 15.7. The molecule has 2 aromatic rings. The van der Waals surface area contributed by atoms with Gasteiger partial charge in [-0.25, -0.2) is 9.59 Å². The Morgan fingerprint density at radius 3 is 1.90 bits per heavy atom. The normalized spacial score (nSPS) is 10.4. The van der Waals surface area contributed by atoms with Crippen LogP contribution in [0.1, 0.15) is 26.3 Å². The van der Waals surface area contributed by atoms with Crippen molar-refractivity contribution in [3.8, 4) is 11.1 Å². The van der Waals surface area contributed by atoms with Crippen molar-refractivity contribution in [1.29, 1.82) is 0 Å². The van der Waals surface area contributed by atoms with Crippen molar-refractivity contribution in [2.24, 2.45) is 0 Å². The molecule has 0 atom stereocenters. The van der Waals surface area contributed by atoms with E-state index < -0.39 is 11.9 Å². The van der Waals surface area contributed by atoms with Crippen molar-refractivity contribution in [2.45, 2.75) is 6.92 Å². The Morgan fingerprint density at radius 1 is 0.952 bits per heavy atom. The first kappa shape index (κ1) is 15.4. The van der Waals surface area contributed by atoms with E-state index in [1.807, 2.05) is 0 Å². The fraction of sp³-hybridized carbons (Fsp3) is 0.0667.